The van der Waals surface area contributed by atoms with Gasteiger partial charge in [-0.2, -0.15) is 0 Å². The molecule has 0 amide bonds. The summed E-state index contributed by atoms with van der Waals surface area (Å²) in [7, 11) is 0. The summed E-state index contributed by atoms with van der Waals surface area (Å²) in [6.45, 7) is 2.27. The third-order valence-corrected chi connectivity index (χ3v) is 2.38. The highest BCUT2D eigenvalue weighted by atomic mass is 35.5. The van der Waals surface area contributed by atoms with Crippen LogP contribution in [0.5, 0.6) is 0 Å². The van der Waals surface area contributed by atoms with E-state index >= 15 is 0 Å². The number of nitrogens with zero attached hydrogens (tertiary/aromatic N) is 1. The Labute approximate surface area is 103 Å². The van der Waals surface area contributed by atoms with Crippen LogP contribution in [0.2, 0.25) is 5.02 Å². The summed E-state index contributed by atoms with van der Waals surface area (Å²) in [5.74, 6) is 0. The molecular formula is C10H10ClNO3S. The van der Waals surface area contributed by atoms with E-state index < -0.39 is 4.92 Å². The highest BCUT2D eigenvalue weighted by molar-refractivity contribution is 7.80. The zero-order valence-corrected chi connectivity index (χ0v) is 10.2. The molecule has 1 rings (SSSR count). The molecule has 86 valence electrons. The number of rotatable bonds is 4. The molecule has 0 aromatic heterocycles. The Kier molecular flexibility index (Phi) is 4.64. The van der Waals surface area contributed by atoms with Crippen molar-refractivity contribution in [2.24, 2.45) is 0 Å². The predicted molar refractivity (Wildman–Crippen MR) is 66.0 cm³/mol. The van der Waals surface area contributed by atoms with E-state index in [2.05, 4.69) is 0 Å². The summed E-state index contributed by atoms with van der Waals surface area (Å²) in [6, 6.07) is 4.50. The molecule has 0 bridgehead atoms. The minimum absolute atomic E-state index is 0.0328. The third-order valence-electron chi connectivity index (χ3n) is 1.88. The van der Waals surface area contributed by atoms with Crippen molar-refractivity contribution in [1.29, 1.82) is 0 Å². The average molecular weight is 260 g/mol. The zero-order valence-electron chi connectivity index (χ0n) is 8.60. The van der Waals surface area contributed by atoms with E-state index in [1.165, 1.54) is 6.07 Å². The molecule has 1 aromatic rings. The van der Waals surface area contributed by atoms with E-state index in [4.69, 9.17) is 28.6 Å². The maximum absolute atomic E-state index is 10.8. The van der Waals surface area contributed by atoms with Gasteiger partial charge in [0.1, 0.15) is 0 Å². The van der Waals surface area contributed by atoms with Crippen molar-refractivity contribution >= 4 is 34.6 Å². The number of thiocarbonyl (C=S) groups is 1. The molecule has 0 saturated carbocycles. The molecule has 1 aromatic carbocycles. The number of halogens is 1. The largest absolute Gasteiger partial charge is 0.487 e. The summed E-state index contributed by atoms with van der Waals surface area (Å²) < 4.78 is 5.09. The summed E-state index contributed by atoms with van der Waals surface area (Å²) in [4.78, 5) is 10.3. The topological polar surface area (TPSA) is 52.4 Å². The second-order valence-electron chi connectivity index (χ2n) is 3.01. The van der Waals surface area contributed by atoms with Gasteiger partial charge in [0.15, 0.2) is 5.05 Å². The van der Waals surface area contributed by atoms with Gasteiger partial charge < -0.3 is 4.74 Å². The lowest BCUT2D eigenvalue weighted by molar-refractivity contribution is -0.385. The van der Waals surface area contributed by atoms with Crippen LogP contribution in [0.3, 0.4) is 0 Å². The fraction of sp³-hybridized carbons (Fsp3) is 0.300. The highest BCUT2D eigenvalue weighted by Gasteiger charge is 2.15. The van der Waals surface area contributed by atoms with Crippen molar-refractivity contribution in [3.05, 3.63) is 38.9 Å². The predicted octanol–water partition coefficient (Wildman–Crippen LogP) is 3.15. The number of benzene rings is 1. The van der Waals surface area contributed by atoms with Crippen molar-refractivity contribution in [1.82, 2.24) is 0 Å². The molecule has 16 heavy (non-hydrogen) atoms. The number of hydrogen-bond acceptors (Lipinski definition) is 4. The quantitative estimate of drug-likeness (QED) is 0.473. The maximum atomic E-state index is 10.8. The Morgan fingerprint density at radius 1 is 1.62 bits per heavy atom. The summed E-state index contributed by atoms with van der Waals surface area (Å²) in [6.07, 6.45) is 0.247. The molecule has 0 radical (unpaired) electrons. The first kappa shape index (κ1) is 12.9. The molecule has 0 aliphatic heterocycles. The summed E-state index contributed by atoms with van der Waals surface area (Å²) in [5, 5.41) is 11.4. The van der Waals surface area contributed by atoms with Crippen molar-refractivity contribution in [3.63, 3.8) is 0 Å². The fourth-order valence-electron chi connectivity index (χ4n) is 1.22. The normalized spacial score (nSPS) is 9.88. The maximum Gasteiger partial charge on any atom is 0.274 e. The highest BCUT2D eigenvalue weighted by Crippen LogP contribution is 2.23. The first-order valence-electron chi connectivity index (χ1n) is 4.63. The molecule has 0 aliphatic carbocycles. The van der Waals surface area contributed by atoms with Crippen molar-refractivity contribution in [2.45, 2.75) is 13.3 Å². The van der Waals surface area contributed by atoms with Crippen molar-refractivity contribution in [2.75, 3.05) is 6.61 Å². The Morgan fingerprint density at radius 3 is 2.88 bits per heavy atom. The second kappa shape index (κ2) is 5.77. The lowest BCUT2D eigenvalue weighted by Gasteiger charge is -2.05. The van der Waals surface area contributed by atoms with Gasteiger partial charge in [-0.15, -0.1) is 0 Å². The Bertz CT molecular complexity index is 423. The second-order valence-corrected chi connectivity index (χ2v) is 3.90. The zero-order chi connectivity index (χ0) is 12.1. The molecule has 0 fully saturated rings. The molecule has 0 aliphatic rings. The monoisotopic (exact) mass is 259 g/mol. The third kappa shape index (κ3) is 3.43. The number of hydrogen-bond donors (Lipinski definition) is 0. The first-order chi connectivity index (χ1) is 7.54. The fourth-order valence-corrected chi connectivity index (χ4v) is 1.66. The average Bonchev–Trinajstić information content (AvgIpc) is 2.20. The SMILES string of the molecule is CCOC(=S)Cc1ccc(Cl)cc1[N+](=O)[O-]. The molecule has 0 unspecified atom stereocenters. The van der Waals surface area contributed by atoms with E-state index in [0.29, 0.717) is 22.2 Å². The van der Waals surface area contributed by atoms with Gasteiger partial charge in [-0.3, -0.25) is 10.1 Å². The van der Waals surface area contributed by atoms with Crippen LogP contribution >= 0.6 is 23.8 Å². The van der Waals surface area contributed by atoms with Crippen LogP contribution in [0.4, 0.5) is 5.69 Å². The van der Waals surface area contributed by atoms with Gasteiger partial charge in [-0.25, -0.2) is 0 Å². The van der Waals surface area contributed by atoms with E-state index in [1.807, 2.05) is 6.92 Å². The minimum Gasteiger partial charge on any atom is -0.487 e. The van der Waals surface area contributed by atoms with E-state index in [0.717, 1.165) is 0 Å². The standard InChI is InChI=1S/C10H10ClNO3S/c1-2-15-10(16)5-7-3-4-8(11)6-9(7)12(13)14/h3-4,6H,2,5H2,1H3. The molecular weight excluding hydrogens is 250 g/mol. The van der Waals surface area contributed by atoms with Crippen LogP contribution in [0.15, 0.2) is 18.2 Å². The summed E-state index contributed by atoms with van der Waals surface area (Å²) in [5.41, 5.74) is 0.474. The van der Waals surface area contributed by atoms with E-state index in [9.17, 15) is 10.1 Å². The molecule has 0 heterocycles. The van der Waals surface area contributed by atoms with Gasteiger partial charge in [-0.05, 0) is 25.2 Å². The molecule has 0 spiro atoms. The van der Waals surface area contributed by atoms with Crippen LogP contribution in [-0.2, 0) is 11.2 Å². The Balaban J connectivity index is 2.95. The van der Waals surface area contributed by atoms with E-state index in [-0.39, 0.29) is 12.1 Å². The van der Waals surface area contributed by atoms with Crippen LogP contribution < -0.4 is 0 Å². The minimum atomic E-state index is -0.476. The van der Waals surface area contributed by atoms with Crippen molar-refractivity contribution in [3.8, 4) is 0 Å². The van der Waals surface area contributed by atoms with Crippen LogP contribution in [-0.4, -0.2) is 16.6 Å². The van der Waals surface area contributed by atoms with Gasteiger partial charge in [0.2, 0.25) is 0 Å². The molecule has 6 heteroatoms. The summed E-state index contributed by atoms with van der Waals surface area (Å²) >= 11 is 10.6. The lowest BCUT2D eigenvalue weighted by Crippen LogP contribution is -2.07. The lowest BCUT2D eigenvalue weighted by atomic mass is 10.1. The Morgan fingerprint density at radius 2 is 2.31 bits per heavy atom. The molecule has 0 saturated heterocycles. The molecule has 0 N–H and O–H groups in total. The smallest absolute Gasteiger partial charge is 0.274 e. The van der Waals surface area contributed by atoms with Gasteiger partial charge in [0, 0.05) is 23.1 Å². The number of nitro groups is 1. The van der Waals surface area contributed by atoms with Crippen LogP contribution in [0, 0.1) is 10.1 Å². The van der Waals surface area contributed by atoms with Gasteiger partial charge in [-0.1, -0.05) is 17.7 Å². The number of ether oxygens (including phenoxy) is 1. The van der Waals surface area contributed by atoms with E-state index in [1.54, 1.807) is 12.1 Å². The van der Waals surface area contributed by atoms with Crippen LogP contribution in [0.1, 0.15) is 12.5 Å². The Hall–Kier alpha value is -1.20. The first-order valence-corrected chi connectivity index (χ1v) is 5.41. The van der Waals surface area contributed by atoms with Gasteiger partial charge in [0.05, 0.1) is 11.5 Å². The molecule has 0 atom stereocenters. The van der Waals surface area contributed by atoms with Crippen LogP contribution in [0.25, 0.3) is 0 Å². The van der Waals surface area contributed by atoms with Gasteiger partial charge in [0.25, 0.3) is 5.69 Å². The number of nitro benzene ring substituents is 1. The molecule has 4 nitrogen and oxygen atoms in total. The van der Waals surface area contributed by atoms with Crippen molar-refractivity contribution < 1.29 is 9.66 Å². The van der Waals surface area contributed by atoms with Gasteiger partial charge >= 0.3 is 0 Å².